The average molecular weight is 741 g/mol. The van der Waals surface area contributed by atoms with E-state index in [0.29, 0.717) is 17.5 Å². The number of pyridine rings is 1. The molecule has 10 aromatic rings. The molecule has 2 aromatic heterocycles. The molecule has 4 heteroatoms. The first-order valence-corrected chi connectivity index (χ1v) is 19.4. The van der Waals surface area contributed by atoms with Crippen molar-refractivity contribution in [2.45, 2.75) is 0 Å². The van der Waals surface area contributed by atoms with E-state index < -0.39 is 0 Å². The summed E-state index contributed by atoms with van der Waals surface area (Å²) in [5.74, 6) is 1.83. The third-order valence-electron chi connectivity index (χ3n) is 10.9. The van der Waals surface area contributed by atoms with Crippen LogP contribution >= 0.6 is 0 Å². The Balaban J connectivity index is 1.26. The summed E-state index contributed by atoms with van der Waals surface area (Å²) in [6, 6.07) is 59.3. The number of benzene rings is 8. The summed E-state index contributed by atoms with van der Waals surface area (Å²) in [5.41, 5.74) is 11.4. The number of nitrogens with zero attached hydrogens (tertiary/aromatic N) is 4. The van der Waals surface area contributed by atoms with Gasteiger partial charge in [-0.15, -0.1) is 0 Å². The summed E-state index contributed by atoms with van der Waals surface area (Å²) in [5, 5.41) is 6.84. The van der Waals surface area contributed by atoms with Gasteiger partial charge in [0.1, 0.15) is 0 Å². The van der Waals surface area contributed by atoms with E-state index in [2.05, 4.69) is 127 Å². The predicted molar refractivity (Wildman–Crippen MR) is 243 cm³/mol. The van der Waals surface area contributed by atoms with Crippen molar-refractivity contribution >= 4 is 44.5 Å². The Hall–Kier alpha value is -7.82. The SMILES string of the molecule is C=Cc1c(C=C)c2cccc(-c3cc(-c4cccc(-c5cccc6ccncc56)c4)cc(-c4nc(-c5ccccc5)nc(-c5ccccc5)n4)c3)c2c2ccccc12. The molecule has 0 saturated heterocycles. The van der Waals surface area contributed by atoms with Crippen molar-refractivity contribution in [3.63, 3.8) is 0 Å². The Bertz CT molecular complexity index is 3140. The molecule has 0 radical (unpaired) electrons. The lowest BCUT2D eigenvalue weighted by Crippen LogP contribution is -2.00. The van der Waals surface area contributed by atoms with Gasteiger partial charge in [-0.05, 0) is 102 Å². The average Bonchev–Trinajstić information content (AvgIpc) is 3.31. The summed E-state index contributed by atoms with van der Waals surface area (Å²) in [4.78, 5) is 19.8. The topological polar surface area (TPSA) is 51.6 Å². The van der Waals surface area contributed by atoms with Gasteiger partial charge in [0.05, 0.1) is 0 Å². The summed E-state index contributed by atoms with van der Waals surface area (Å²) in [6.45, 7) is 8.45. The third-order valence-corrected chi connectivity index (χ3v) is 10.9. The molecule has 0 bridgehead atoms. The molecule has 58 heavy (non-hydrogen) atoms. The van der Waals surface area contributed by atoms with Crippen LogP contribution in [-0.2, 0) is 0 Å². The van der Waals surface area contributed by atoms with Crippen molar-refractivity contribution in [3.8, 4) is 67.5 Å². The fourth-order valence-corrected chi connectivity index (χ4v) is 8.22. The van der Waals surface area contributed by atoms with Gasteiger partial charge in [-0.2, -0.15) is 0 Å². The molecule has 10 rings (SSSR count). The van der Waals surface area contributed by atoms with Crippen LogP contribution in [0.25, 0.3) is 112 Å². The zero-order valence-electron chi connectivity index (χ0n) is 31.7. The van der Waals surface area contributed by atoms with Crippen LogP contribution in [-0.4, -0.2) is 19.9 Å². The predicted octanol–water partition coefficient (Wildman–Crippen LogP) is 14.0. The first kappa shape index (κ1) is 34.7. The molecule has 4 nitrogen and oxygen atoms in total. The minimum atomic E-state index is 0.595. The molecule has 0 aliphatic carbocycles. The molecule has 8 aromatic carbocycles. The molecule has 0 saturated carbocycles. The van der Waals surface area contributed by atoms with Gasteiger partial charge in [0.15, 0.2) is 17.5 Å². The lowest BCUT2D eigenvalue weighted by molar-refractivity contribution is 1.07. The molecule has 0 amide bonds. The van der Waals surface area contributed by atoms with Gasteiger partial charge in [0.25, 0.3) is 0 Å². The van der Waals surface area contributed by atoms with E-state index in [1.165, 1.54) is 0 Å². The van der Waals surface area contributed by atoms with Crippen LogP contribution in [0.4, 0.5) is 0 Å². The van der Waals surface area contributed by atoms with Gasteiger partial charge in [-0.3, -0.25) is 4.98 Å². The van der Waals surface area contributed by atoms with Crippen LogP contribution in [0.1, 0.15) is 11.1 Å². The molecular weight excluding hydrogens is 705 g/mol. The number of aromatic nitrogens is 4. The highest BCUT2D eigenvalue weighted by atomic mass is 15.0. The van der Waals surface area contributed by atoms with Crippen molar-refractivity contribution in [1.82, 2.24) is 19.9 Å². The normalized spacial score (nSPS) is 11.2. The van der Waals surface area contributed by atoms with Crippen molar-refractivity contribution in [3.05, 3.63) is 207 Å². The Morgan fingerprint density at radius 2 is 0.879 bits per heavy atom. The number of hydrogen-bond acceptors (Lipinski definition) is 4. The smallest absolute Gasteiger partial charge is 0.164 e. The highest BCUT2D eigenvalue weighted by Gasteiger charge is 2.19. The van der Waals surface area contributed by atoms with E-state index in [9.17, 15) is 0 Å². The molecular formula is C54H36N4. The van der Waals surface area contributed by atoms with Crippen molar-refractivity contribution in [1.29, 1.82) is 0 Å². The monoisotopic (exact) mass is 740 g/mol. The van der Waals surface area contributed by atoms with Crippen LogP contribution in [0, 0.1) is 0 Å². The molecule has 0 unspecified atom stereocenters. The van der Waals surface area contributed by atoms with Crippen LogP contribution < -0.4 is 0 Å². The summed E-state index contributed by atoms with van der Waals surface area (Å²) in [6.07, 6.45) is 7.69. The molecule has 0 aliphatic rings. The number of fused-ring (bicyclic) bond motifs is 4. The van der Waals surface area contributed by atoms with Gasteiger partial charge in [-0.1, -0.05) is 165 Å². The zero-order valence-corrected chi connectivity index (χ0v) is 31.7. The van der Waals surface area contributed by atoms with Crippen LogP contribution in [0.3, 0.4) is 0 Å². The fourth-order valence-electron chi connectivity index (χ4n) is 8.22. The Kier molecular flexibility index (Phi) is 8.77. The second kappa shape index (κ2) is 14.7. The van der Waals surface area contributed by atoms with E-state index in [1.54, 1.807) is 0 Å². The summed E-state index contributed by atoms with van der Waals surface area (Å²) >= 11 is 0. The zero-order chi connectivity index (χ0) is 39.0. The first-order chi connectivity index (χ1) is 28.7. The second-order valence-corrected chi connectivity index (χ2v) is 14.3. The molecule has 0 aliphatic heterocycles. The maximum Gasteiger partial charge on any atom is 0.164 e. The molecule has 0 spiro atoms. The Morgan fingerprint density at radius 1 is 0.362 bits per heavy atom. The van der Waals surface area contributed by atoms with Gasteiger partial charge in [0.2, 0.25) is 0 Å². The van der Waals surface area contributed by atoms with Gasteiger partial charge < -0.3 is 0 Å². The standard InChI is InChI=1S/C54H36N4/c1-3-43-44(4-2)48-27-15-26-46(51(48)49-24-12-11-23-47(43)49)41-31-40(38-21-13-22-39(30-38)45-25-14-20-35-28-29-55-34-50(35)45)32-42(33-41)54-57-52(36-16-7-5-8-17-36)56-53(58-54)37-18-9-6-10-19-37/h3-34H,1-2H2. The van der Waals surface area contributed by atoms with Crippen molar-refractivity contribution in [2.75, 3.05) is 0 Å². The Labute approximate surface area is 337 Å². The lowest BCUT2D eigenvalue weighted by Gasteiger charge is -2.18. The Morgan fingerprint density at radius 3 is 1.60 bits per heavy atom. The molecule has 272 valence electrons. The molecule has 0 N–H and O–H groups in total. The first-order valence-electron chi connectivity index (χ1n) is 19.4. The summed E-state index contributed by atoms with van der Waals surface area (Å²) in [7, 11) is 0. The van der Waals surface area contributed by atoms with E-state index in [4.69, 9.17) is 15.0 Å². The van der Waals surface area contributed by atoms with E-state index in [0.717, 1.165) is 93.5 Å². The number of rotatable bonds is 8. The van der Waals surface area contributed by atoms with E-state index in [-0.39, 0.29) is 0 Å². The maximum atomic E-state index is 5.18. The third kappa shape index (κ3) is 6.14. The molecule has 0 fully saturated rings. The van der Waals surface area contributed by atoms with Gasteiger partial charge in [-0.25, -0.2) is 15.0 Å². The van der Waals surface area contributed by atoms with Crippen LogP contribution in [0.15, 0.2) is 195 Å². The van der Waals surface area contributed by atoms with E-state index >= 15 is 0 Å². The van der Waals surface area contributed by atoms with Crippen LogP contribution in [0.2, 0.25) is 0 Å². The second-order valence-electron chi connectivity index (χ2n) is 14.3. The fraction of sp³-hybridized carbons (Fsp3) is 0. The largest absolute Gasteiger partial charge is 0.264 e. The van der Waals surface area contributed by atoms with Crippen molar-refractivity contribution in [2.24, 2.45) is 0 Å². The van der Waals surface area contributed by atoms with Crippen LogP contribution in [0.5, 0.6) is 0 Å². The highest BCUT2D eigenvalue weighted by molar-refractivity contribution is 6.20. The van der Waals surface area contributed by atoms with Gasteiger partial charge in [0, 0.05) is 34.5 Å². The summed E-state index contributed by atoms with van der Waals surface area (Å²) < 4.78 is 0. The van der Waals surface area contributed by atoms with Crippen molar-refractivity contribution < 1.29 is 0 Å². The molecule has 0 atom stereocenters. The van der Waals surface area contributed by atoms with E-state index in [1.807, 2.05) is 85.2 Å². The lowest BCUT2D eigenvalue weighted by atomic mass is 9.86. The highest BCUT2D eigenvalue weighted by Crippen LogP contribution is 2.42. The quantitative estimate of drug-likeness (QED) is 0.146. The molecule has 2 heterocycles. The number of hydrogen-bond donors (Lipinski definition) is 0. The van der Waals surface area contributed by atoms with Gasteiger partial charge >= 0.3 is 0 Å². The maximum absolute atomic E-state index is 5.18. The minimum absolute atomic E-state index is 0.595. The minimum Gasteiger partial charge on any atom is -0.264 e.